The Morgan fingerprint density at radius 2 is 2.15 bits per heavy atom. The smallest absolute Gasteiger partial charge is 0.220 e. The molecule has 2 atom stereocenters. The Balaban J connectivity index is 2.63. The van der Waals surface area contributed by atoms with E-state index in [1.54, 1.807) is 12.5 Å². The molecule has 1 amide bonds. The molecule has 5 heteroatoms. The van der Waals surface area contributed by atoms with Gasteiger partial charge in [-0.1, -0.05) is 34.1 Å². The van der Waals surface area contributed by atoms with Crippen LogP contribution in [0.1, 0.15) is 40.5 Å². The molecule has 0 bridgehead atoms. The van der Waals surface area contributed by atoms with Crippen LogP contribution in [-0.2, 0) is 11.3 Å². The first-order valence-corrected chi connectivity index (χ1v) is 7.32. The molecule has 0 aliphatic carbocycles. The molecule has 1 rings (SSSR count). The van der Waals surface area contributed by atoms with E-state index in [1.165, 1.54) is 0 Å². The van der Waals surface area contributed by atoms with Gasteiger partial charge in [-0.2, -0.15) is 0 Å². The van der Waals surface area contributed by atoms with Gasteiger partial charge >= 0.3 is 0 Å². The van der Waals surface area contributed by atoms with Crippen LogP contribution < -0.4 is 11.1 Å². The van der Waals surface area contributed by atoms with Crippen LogP contribution in [-0.4, -0.2) is 28.0 Å². The number of amides is 1. The van der Waals surface area contributed by atoms with Gasteiger partial charge in [0.15, 0.2) is 0 Å². The highest BCUT2D eigenvalue weighted by Gasteiger charge is 2.27. The maximum Gasteiger partial charge on any atom is 0.220 e. The first-order valence-electron chi connectivity index (χ1n) is 7.32. The van der Waals surface area contributed by atoms with Gasteiger partial charge in [-0.25, -0.2) is 4.98 Å². The van der Waals surface area contributed by atoms with Crippen molar-refractivity contribution in [2.75, 3.05) is 6.54 Å². The summed E-state index contributed by atoms with van der Waals surface area (Å²) < 4.78 is 2.00. The van der Waals surface area contributed by atoms with Gasteiger partial charge in [0.05, 0.1) is 12.4 Å². The number of carbonyl (C=O) groups excluding carboxylic acids is 1. The largest absolute Gasteiger partial charge is 0.351 e. The number of hydrogen-bond donors (Lipinski definition) is 2. The van der Waals surface area contributed by atoms with Crippen LogP contribution in [0.3, 0.4) is 0 Å². The summed E-state index contributed by atoms with van der Waals surface area (Å²) in [6.45, 7) is 9.76. The number of aromatic nitrogens is 2. The molecule has 0 aromatic carbocycles. The second-order valence-electron chi connectivity index (χ2n) is 6.46. The molecule has 1 aromatic heterocycles. The number of nitrogens with zero attached hydrogens (tertiary/aromatic N) is 2. The highest BCUT2D eigenvalue weighted by molar-refractivity contribution is 5.76. The molecule has 3 N–H and O–H groups in total. The normalized spacial score (nSPS) is 14.8. The van der Waals surface area contributed by atoms with Gasteiger partial charge in [-0.3, -0.25) is 4.79 Å². The van der Waals surface area contributed by atoms with Crippen LogP contribution in [0.4, 0.5) is 0 Å². The van der Waals surface area contributed by atoms with Gasteiger partial charge in [0.25, 0.3) is 0 Å². The molecular weight excluding hydrogens is 252 g/mol. The molecule has 114 valence electrons. The molecule has 0 radical (unpaired) electrons. The van der Waals surface area contributed by atoms with E-state index in [4.69, 9.17) is 5.73 Å². The average molecular weight is 280 g/mol. The van der Waals surface area contributed by atoms with Crippen molar-refractivity contribution >= 4 is 5.91 Å². The van der Waals surface area contributed by atoms with Crippen molar-refractivity contribution < 1.29 is 4.79 Å². The SMILES string of the molecule is CCC(CN)CC(=O)NC(Cn1ccnc1)C(C)(C)C. The molecule has 1 aromatic rings. The molecule has 1 heterocycles. The zero-order chi connectivity index (χ0) is 15.2. The number of nitrogens with one attached hydrogen (secondary N) is 1. The van der Waals surface area contributed by atoms with Gasteiger partial charge in [0.2, 0.25) is 5.91 Å². The maximum atomic E-state index is 12.2. The predicted octanol–water partition coefficient (Wildman–Crippen LogP) is 1.79. The van der Waals surface area contributed by atoms with Crippen LogP contribution in [0.2, 0.25) is 0 Å². The fraction of sp³-hybridized carbons (Fsp3) is 0.733. The van der Waals surface area contributed by atoms with E-state index in [-0.39, 0.29) is 23.3 Å². The van der Waals surface area contributed by atoms with E-state index < -0.39 is 0 Å². The van der Waals surface area contributed by atoms with E-state index in [0.717, 1.165) is 13.0 Å². The van der Waals surface area contributed by atoms with Gasteiger partial charge in [-0.05, 0) is 17.9 Å². The lowest BCUT2D eigenvalue weighted by Crippen LogP contribution is -2.46. The topological polar surface area (TPSA) is 72.9 Å². The summed E-state index contributed by atoms with van der Waals surface area (Å²) in [4.78, 5) is 16.2. The summed E-state index contributed by atoms with van der Waals surface area (Å²) in [6.07, 6.45) is 6.89. The first kappa shape index (κ1) is 16.7. The third-order valence-corrected chi connectivity index (χ3v) is 3.72. The summed E-state index contributed by atoms with van der Waals surface area (Å²) in [6, 6.07) is 0.0690. The van der Waals surface area contributed by atoms with Gasteiger partial charge in [0, 0.05) is 25.4 Å². The van der Waals surface area contributed by atoms with Crippen molar-refractivity contribution in [1.82, 2.24) is 14.9 Å². The molecule has 5 nitrogen and oxygen atoms in total. The monoisotopic (exact) mass is 280 g/mol. The van der Waals surface area contributed by atoms with Crippen LogP contribution in [0.5, 0.6) is 0 Å². The maximum absolute atomic E-state index is 12.2. The molecule has 0 saturated heterocycles. The summed E-state index contributed by atoms with van der Waals surface area (Å²) in [7, 11) is 0. The van der Waals surface area contributed by atoms with E-state index in [1.807, 2.05) is 10.8 Å². The van der Waals surface area contributed by atoms with Crippen molar-refractivity contribution in [1.29, 1.82) is 0 Å². The number of hydrogen-bond acceptors (Lipinski definition) is 3. The van der Waals surface area contributed by atoms with Crippen LogP contribution in [0.25, 0.3) is 0 Å². The minimum Gasteiger partial charge on any atom is -0.351 e. The van der Waals surface area contributed by atoms with Crippen molar-refractivity contribution in [3.63, 3.8) is 0 Å². The van der Waals surface area contributed by atoms with E-state index >= 15 is 0 Å². The van der Waals surface area contributed by atoms with Gasteiger partial charge in [-0.15, -0.1) is 0 Å². The predicted molar refractivity (Wildman–Crippen MR) is 81.1 cm³/mol. The zero-order valence-electron chi connectivity index (χ0n) is 13.1. The minimum absolute atomic E-state index is 0.00957. The second kappa shape index (κ2) is 7.43. The van der Waals surface area contributed by atoms with Gasteiger partial charge in [0.1, 0.15) is 0 Å². The third kappa shape index (κ3) is 5.33. The van der Waals surface area contributed by atoms with Crippen molar-refractivity contribution in [3.05, 3.63) is 18.7 Å². The Labute approximate surface area is 122 Å². The number of rotatable bonds is 7. The second-order valence-corrected chi connectivity index (χ2v) is 6.46. The molecule has 0 aliphatic heterocycles. The summed E-state index contributed by atoms with van der Waals surface area (Å²) in [5.74, 6) is 0.353. The molecule has 0 aliphatic rings. The highest BCUT2D eigenvalue weighted by Crippen LogP contribution is 2.21. The van der Waals surface area contributed by atoms with E-state index in [0.29, 0.717) is 13.0 Å². The molecule has 0 fully saturated rings. The lowest BCUT2D eigenvalue weighted by atomic mass is 9.86. The molecule has 0 saturated carbocycles. The molecule has 20 heavy (non-hydrogen) atoms. The average Bonchev–Trinajstić information content (AvgIpc) is 2.87. The standard InChI is InChI=1S/C15H28N4O/c1-5-12(9-16)8-14(20)18-13(15(2,3)4)10-19-7-6-17-11-19/h6-7,11-13H,5,8-10,16H2,1-4H3,(H,18,20). The number of imidazole rings is 1. The van der Waals surface area contributed by atoms with Gasteiger partial charge < -0.3 is 15.6 Å². The minimum atomic E-state index is -0.00957. The fourth-order valence-corrected chi connectivity index (χ4v) is 2.05. The lowest BCUT2D eigenvalue weighted by Gasteiger charge is -2.32. The highest BCUT2D eigenvalue weighted by atomic mass is 16.1. The van der Waals surface area contributed by atoms with Crippen molar-refractivity contribution in [2.45, 2.75) is 53.1 Å². The van der Waals surface area contributed by atoms with Crippen LogP contribution in [0.15, 0.2) is 18.7 Å². The van der Waals surface area contributed by atoms with Crippen molar-refractivity contribution in [3.8, 4) is 0 Å². The number of carbonyl (C=O) groups is 1. The fourth-order valence-electron chi connectivity index (χ4n) is 2.05. The Bertz CT molecular complexity index is 391. The molecule has 0 spiro atoms. The quantitative estimate of drug-likeness (QED) is 0.799. The Kier molecular flexibility index (Phi) is 6.20. The Morgan fingerprint density at radius 3 is 2.60 bits per heavy atom. The number of nitrogens with two attached hydrogens (primary N) is 1. The third-order valence-electron chi connectivity index (χ3n) is 3.72. The van der Waals surface area contributed by atoms with Crippen LogP contribution in [0, 0.1) is 11.3 Å². The Morgan fingerprint density at radius 1 is 1.45 bits per heavy atom. The van der Waals surface area contributed by atoms with E-state index in [2.05, 4.69) is 38.0 Å². The molecule has 2 unspecified atom stereocenters. The summed E-state index contributed by atoms with van der Waals surface area (Å²) in [5, 5.41) is 3.15. The summed E-state index contributed by atoms with van der Waals surface area (Å²) >= 11 is 0. The lowest BCUT2D eigenvalue weighted by molar-refractivity contribution is -0.123. The van der Waals surface area contributed by atoms with E-state index in [9.17, 15) is 4.79 Å². The Hall–Kier alpha value is -1.36. The molecular formula is C15H28N4O. The van der Waals surface area contributed by atoms with Crippen LogP contribution >= 0.6 is 0 Å². The zero-order valence-corrected chi connectivity index (χ0v) is 13.1. The first-order chi connectivity index (χ1) is 9.36. The van der Waals surface area contributed by atoms with Crippen molar-refractivity contribution in [2.24, 2.45) is 17.1 Å². The summed E-state index contributed by atoms with van der Waals surface area (Å²) in [5.41, 5.74) is 5.66.